The molecule has 106 valence electrons. The Kier molecular flexibility index (Phi) is 4.45. The fourth-order valence-electron chi connectivity index (χ4n) is 2.30. The number of amides is 1. The molecule has 0 aliphatic heterocycles. The van der Waals surface area contributed by atoms with E-state index in [-0.39, 0.29) is 5.91 Å². The molecule has 3 nitrogen and oxygen atoms in total. The molecule has 4 heteroatoms. The monoisotopic (exact) mass is 288 g/mol. The molecule has 3 N–H and O–H groups in total. The zero-order valence-corrected chi connectivity index (χ0v) is 12.9. The van der Waals surface area contributed by atoms with Gasteiger partial charge in [-0.05, 0) is 31.4 Å². The van der Waals surface area contributed by atoms with Crippen molar-refractivity contribution in [1.29, 1.82) is 0 Å². The van der Waals surface area contributed by atoms with Crippen LogP contribution in [0, 0.1) is 6.92 Å². The fraction of sp³-hybridized carbons (Fsp3) is 0.312. The first-order valence-electron chi connectivity index (χ1n) is 6.84. The highest BCUT2D eigenvalue weighted by molar-refractivity contribution is 7.16. The number of aryl methyl sites for hydroxylation is 2. The van der Waals surface area contributed by atoms with Crippen LogP contribution in [0.2, 0.25) is 0 Å². The minimum absolute atomic E-state index is 0.0936. The van der Waals surface area contributed by atoms with Crippen LogP contribution in [-0.4, -0.2) is 12.5 Å². The van der Waals surface area contributed by atoms with E-state index >= 15 is 0 Å². The molecule has 0 bridgehead atoms. The maximum absolute atomic E-state index is 12.2. The molecule has 0 radical (unpaired) electrons. The van der Waals surface area contributed by atoms with E-state index in [4.69, 9.17) is 5.73 Å². The third kappa shape index (κ3) is 2.70. The number of rotatable bonds is 4. The van der Waals surface area contributed by atoms with Crippen molar-refractivity contribution in [3.8, 4) is 11.1 Å². The van der Waals surface area contributed by atoms with Gasteiger partial charge in [-0.15, -0.1) is 11.3 Å². The molecule has 0 spiro atoms. The van der Waals surface area contributed by atoms with E-state index in [1.807, 2.05) is 13.8 Å². The number of carbonyl (C=O) groups excluding carboxylic acids is 1. The first kappa shape index (κ1) is 14.6. The number of carbonyl (C=O) groups is 1. The van der Waals surface area contributed by atoms with E-state index in [1.54, 1.807) is 0 Å². The van der Waals surface area contributed by atoms with Crippen LogP contribution in [-0.2, 0) is 6.42 Å². The number of nitrogens with two attached hydrogens (primary N) is 1. The molecule has 0 aliphatic rings. The van der Waals surface area contributed by atoms with Gasteiger partial charge in [0.1, 0.15) is 0 Å². The number of anilines is 1. The van der Waals surface area contributed by atoms with Gasteiger partial charge >= 0.3 is 0 Å². The molecule has 0 fully saturated rings. The molecule has 2 rings (SSSR count). The molecule has 0 atom stereocenters. The van der Waals surface area contributed by atoms with Gasteiger partial charge in [-0.25, -0.2) is 0 Å². The van der Waals surface area contributed by atoms with Gasteiger partial charge in [-0.3, -0.25) is 4.79 Å². The first-order chi connectivity index (χ1) is 9.58. The van der Waals surface area contributed by atoms with Crippen molar-refractivity contribution >= 4 is 22.2 Å². The zero-order valence-electron chi connectivity index (χ0n) is 12.1. The Morgan fingerprint density at radius 2 is 1.90 bits per heavy atom. The van der Waals surface area contributed by atoms with Gasteiger partial charge in [0.2, 0.25) is 0 Å². The number of hydrogen-bond acceptors (Lipinski definition) is 3. The molecule has 2 aromatic rings. The van der Waals surface area contributed by atoms with Crippen molar-refractivity contribution < 1.29 is 4.79 Å². The SMILES string of the molecule is CCNC(=O)c1c(N)sc(C)c1-c1ccc(CC)cc1. The lowest BCUT2D eigenvalue weighted by molar-refractivity contribution is 0.0957. The second-order valence-electron chi connectivity index (χ2n) is 4.68. The second-order valence-corrected chi connectivity index (χ2v) is 5.94. The summed E-state index contributed by atoms with van der Waals surface area (Å²) in [5.41, 5.74) is 9.93. The molecule has 0 saturated carbocycles. The smallest absolute Gasteiger partial charge is 0.254 e. The summed E-state index contributed by atoms with van der Waals surface area (Å²) < 4.78 is 0. The molecule has 1 aromatic carbocycles. The summed E-state index contributed by atoms with van der Waals surface area (Å²) in [6.45, 7) is 6.64. The van der Waals surface area contributed by atoms with Gasteiger partial charge in [0.25, 0.3) is 5.91 Å². The molecule has 1 heterocycles. The number of thiophene rings is 1. The van der Waals surface area contributed by atoms with Gasteiger partial charge in [0.05, 0.1) is 10.6 Å². The van der Waals surface area contributed by atoms with Gasteiger partial charge < -0.3 is 11.1 Å². The van der Waals surface area contributed by atoms with Crippen molar-refractivity contribution in [1.82, 2.24) is 5.32 Å². The number of nitrogen functional groups attached to an aromatic ring is 1. The third-order valence-electron chi connectivity index (χ3n) is 3.33. The van der Waals surface area contributed by atoms with E-state index in [9.17, 15) is 4.79 Å². The van der Waals surface area contributed by atoms with Gasteiger partial charge in [-0.2, -0.15) is 0 Å². The normalized spacial score (nSPS) is 10.6. The standard InChI is InChI=1S/C16H20N2OS/c1-4-11-6-8-12(9-7-11)13-10(3)20-15(17)14(13)16(19)18-5-2/h6-9H,4-5,17H2,1-3H3,(H,18,19). The van der Waals surface area contributed by atoms with Crippen LogP contribution >= 0.6 is 11.3 Å². The number of hydrogen-bond donors (Lipinski definition) is 2. The molecular formula is C16H20N2OS. The summed E-state index contributed by atoms with van der Waals surface area (Å²) >= 11 is 1.47. The van der Waals surface area contributed by atoms with Gasteiger partial charge in [0.15, 0.2) is 0 Å². The van der Waals surface area contributed by atoms with E-state index in [1.165, 1.54) is 16.9 Å². The van der Waals surface area contributed by atoms with Crippen molar-refractivity contribution in [2.75, 3.05) is 12.3 Å². The quantitative estimate of drug-likeness (QED) is 0.903. The van der Waals surface area contributed by atoms with E-state index in [0.29, 0.717) is 17.1 Å². The molecular weight excluding hydrogens is 268 g/mol. The lowest BCUT2D eigenvalue weighted by Crippen LogP contribution is -2.23. The van der Waals surface area contributed by atoms with Crippen LogP contribution in [0.15, 0.2) is 24.3 Å². The van der Waals surface area contributed by atoms with Gasteiger partial charge in [-0.1, -0.05) is 31.2 Å². The van der Waals surface area contributed by atoms with Crippen LogP contribution in [0.4, 0.5) is 5.00 Å². The molecule has 0 saturated heterocycles. The highest BCUT2D eigenvalue weighted by Gasteiger charge is 2.21. The Balaban J connectivity index is 2.51. The van der Waals surface area contributed by atoms with E-state index < -0.39 is 0 Å². The van der Waals surface area contributed by atoms with Crippen LogP contribution in [0.3, 0.4) is 0 Å². The second kappa shape index (κ2) is 6.09. The minimum Gasteiger partial charge on any atom is -0.390 e. The average Bonchev–Trinajstić information content (AvgIpc) is 2.74. The summed E-state index contributed by atoms with van der Waals surface area (Å²) in [5, 5.41) is 3.42. The molecule has 1 amide bonds. The maximum atomic E-state index is 12.2. The Morgan fingerprint density at radius 3 is 2.45 bits per heavy atom. The Morgan fingerprint density at radius 1 is 1.25 bits per heavy atom. The summed E-state index contributed by atoms with van der Waals surface area (Å²) in [7, 11) is 0. The number of nitrogens with one attached hydrogen (secondary N) is 1. The minimum atomic E-state index is -0.0936. The largest absolute Gasteiger partial charge is 0.390 e. The van der Waals surface area contributed by atoms with Crippen LogP contribution in [0.1, 0.15) is 34.6 Å². The fourth-order valence-corrected chi connectivity index (χ4v) is 3.24. The zero-order chi connectivity index (χ0) is 14.7. The lowest BCUT2D eigenvalue weighted by atomic mass is 9.99. The third-order valence-corrected chi connectivity index (χ3v) is 4.26. The highest BCUT2D eigenvalue weighted by atomic mass is 32.1. The first-order valence-corrected chi connectivity index (χ1v) is 7.66. The average molecular weight is 288 g/mol. The van der Waals surface area contributed by atoms with Crippen molar-refractivity contribution in [3.05, 3.63) is 40.3 Å². The van der Waals surface area contributed by atoms with Crippen LogP contribution in [0.5, 0.6) is 0 Å². The molecule has 1 aromatic heterocycles. The molecule has 0 aliphatic carbocycles. The van der Waals surface area contributed by atoms with Gasteiger partial charge in [0, 0.05) is 17.0 Å². The molecule has 20 heavy (non-hydrogen) atoms. The predicted molar refractivity (Wildman–Crippen MR) is 86.3 cm³/mol. The Labute approximate surface area is 123 Å². The van der Waals surface area contributed by atoms with Crippen LogP contribution < -0.4 is 11.1 Å². The Bertz CT molecular complexity index is 614. The van der Waals surface area contributed by atoms with E-state index in [2.05, 4.69) is 36.5 Å². The topological polar surface area (TPSA) is 55.1 Å². The van der Waals surface area contributed by atoms with E-state index in [0.717, 1.165) is 22.4 Å². The molecule has 0 unspecified atom stereocenters. The number of benzene rings is 1. The van der Waals surface area contributed by atoms with Crippen molar-refractivity contribution in [2.45, 2.75) is 27.2 Å². The summed E-state index contributed by atoms with van der Waals surface area (Å²) in [4.78, 5) is 13.3. The summed E-state index contributed by atoms with van der Waals surface area (Å²) in [6.07, 6.45) is 1.01. The predicted octanol–water partition coefficient (Wildman–Crippen LogP) is 3.62. The van der Waals surface area contributed by atoms with Crippen molar-refractivity contribution in [3.63, 3.8) is 0 Å². The summed E-state index contributed by atoms with van der Waals surface area (Å²) in [5.74, 6) is -0.0936. The van der Waals surface area contributed by atoms with Crippen LogP contribution in [0.25, 0.3) is 11.1 Å². The summed E-state index contributed by atoms with van der Waals surface area (Å²) in [6, 6.07) is 8.33. The Hall–Kier alpha value is -1.81. The lowest BCUT2D eigenvalue weighted by Gasteiger charge is -2.08. The highest BCUT2D eigenvalue weighted by Crippen LogP contribution is 2.38. The maximum Gasteiger partial charge on any atom is 0.254 e. The van der Waals surface area contributed by atoms with Crippen molar-refractivity contribution in [2.24, 2.45) is 0 Å².